The van der Waals surface area contributed by atoms with Gasteiger partial charge in [0, 0.05) is 18.1 Å². The van der Waals surface area contributed by atoms with Crippen molar-refractivity contribution in [3.8, 4) is 0 Å². The third-order valence-electron chi connectivity index (χ3n) is 3.70. The van der Waals surface area contributed by atoms with Gasteiger partial charge in [-0.3, -0.25) is 9.59 Å². The van der Waals surface area contributed by atoms with Crippen LogP contribution in [0.1, 0.15) is 12.5 Å². The van der Waals surface area contributed by atoms with Crippen molar-refractivity contribution < 1.29 is 4.79 Å². The van der Waals surface area contributed by atoms with E-state index in [-0.39, 0.29) is 17.5 Å². The van der Waals surface area contributed by atoms with Crippen LogP contribution in [0.5, 0.6) is 0 Å². The van der Waals surface area contributed by atoms with Crippen LogP contribution in [0.25, 0.3) is 10.9 Å². The minimum Gasteiger partial charge on any atom is -0.342 e. The first-order chi connectivity index (χ1) is 11.7. The van der Waals surface area contributed by atoms with Crippen molar-refractivity contribution in [3.63, 3.8) is 0 Å². The smallest absolute Gasteiger partial charge is 0.275 e. The summed E-state index contributed by atoms with van der Waals surface area (Å²) in [4.78, 5) is 24.5. The molecule has 1 amide bonds. The fourth-order valence-electron chi connectivity index (χ4n) is 2.49. The van der Waals surface area contributed by atoms with Crippen LogP contribution in [0.2, 0.25) is 0 Å². The topological polar surface area (TPSA) is 92.7 Å². The van der Waals surface area contributed by atoms with Gasteiger partial charge in [-0.15, -0.1) is 5.10 Å². The average Bonchev–Trinajstić information content (AvgIpc) is 3.10. The molecular weight excluding hydrogens is 326 g/mol. The van der Waals surface area contributed by atoms with Crippen LogP contribution >= 0.6 is 11.8 Å². The van der Waals surface area contributed by atoms with Gasteiger partial charge in [0.05, 0.1) is 5.39 Å². The Morgan fingerprint density at radius 3 is 2.92 bits per heavy atom. The van der Waals surface area contributed by atoms with E-state index in [0.717, 1.165) is 12.2 Å². The molecule has 2 aromatic heterocycles. The van der Waals surface area contributed by atoms with E-state index in [2.05, 4.69) is 20.7 Å². The van der Waals surface area contributed by atoms with Gasteiger partial charge < -0.3 is 9.88 Å². The highest BCUT2D eigenvalue weighted by molar-refractivity contribution is 7.98. The number of aromatic amines is 1. The van der Waals surface area contributed by atoms with Gasteiger partial charge in [0.1, 0.15) is 11.6 Å². The molecule has 0 spiro atoms. The summed E-state index contributed by atoms with van der Waals surface area (Å²) < 4.78 is 1.89. The Hall–Kier alpha value is -2.61. The Kier molecular flexibility index (Phi) is 4.95. The van der Waals surface area contributed by atoms with Crippen molar-refractivity contribution in [3.05, 3.63) is 53.1 Å². The lowest BCUT2D eigenvalue weighted by Gasteiger charge is -2.18. The molecule has 0 unspecified atom stereocenters. The van der Waals surface area contributed by atoms with E-state index in [4.69, 9.17) is 0 Å². The third-order valence-corrected chi connectivity index (χ3v) is 4.35. The first-order valence-electron chi connectivity index (χ1n) is 7.46. The number of hydrogen-bond donors (Lipinski definition) is 2. The van der Waals surface area contributed by atoms with Gasteiger partial charge in [-0.05, 0) is 48.8 Å². The number of nitrogens with zero attached hydrogens (tertiary/aromatic N) is 3. The van der Waals surface area contributed by atoms with Gasteiger partial charge in [0.2, 0.25) is 5.91 Å². The Morgan fingerprint density at radius 1 is 1.38 bits per heavy atom. The largest absolute Gasteiger partial charge is 0.342 e. The molecule has 3 rings (SSSR count). The average molecular weight is 343 g/mol. The molecule has 0 aliphatic carbocycles. The number of carbonyl (C=O) groups excluding carboxylic acids is 1. The molecule has 0 bridgehead atoms. The summed E-state index contributed by atoms with van der Waals surface area (Å²) in [5, 5.41) is 12.9. The zero-order chi connectivity index (χ0) is 16.9. The highest BCUT2D eigenvalue weighted by Crippen LogP contribution is 2.19. The molecular formula is C16H17N5O2S. The number of nitrogens with one attached hydrogen (secondary N) is 2. The molecule has 0 saturated heterocycles. The molecule has 0 radical (unpaired) electrons. The molecule has 3 aromatic rings. The fourth-order valence-corrected chi connectivity index (χ4v) is 2.95. The summed E-state index contributed by atoms with van der Waals surface area (Å²) in [5.41, 5.74) is 0.717. The van der Waals surface area contributed by atoms with E-state index in [1.165, 1.54) is 0 Å². The maximum atomic E-state index is 12.7. The van der Waals surface area contributed by atoms with Crippen LogP contribution in [0.15, 0.2) is 47.5 Å². The standard InChI is InChI=1S/C16H17N5O2S/c1-24-9-6-14(21-7-2-3-8-21)16(23)17-11-4-5-13-12(10-11)15(22)19-20-18-13/h2-5,7-8,10,14H,6,9H2,1H3,(H,17,23)(H,18,19,22)/t14-/m1/s1. The second-order valence-corrected chi connectivity index (χ2v) is 6.28. The summed E-state index contributed by atoms with van der Waals surface area (Å²) in [6, 6.07) is 8.50. The molecule has 124 valence electrons. The van der Waals surface area contributed by atoms with Gasteiger partial charge in [-0.2, -0.15) is 11.8 Å². The first kappa shape index (κ1) is 16.3. The zero-order valence-electron chi connectivity index (χ0n) is 13.1. The highest BCUT2D eigenvalue weighted by atomic mass is 32.2. The molecule has 0 fully saturated rings. The van der Waals surface area contributed by atoms with Crippen LogP contribution in [0.4, 0.5) is 5.69 Å². The van der Waals surface area contributed by atoms with Crippen molar-refractivity contribution in [1.82, 2.24) is 20.0 Å². The fraction of sp³-hybridized carbons (Fsp3) is 0.250. The van der Waals surface area contributed by atoms with Crippen LogP contribution in [-0.4, -0.2) is 37.9 Å². The maximum absolute atomic E-state index is 12.7. The Morgan fingerprint density at radius 2 is 2.17 bits per heavy atom. The molecule has 0 aliphatic heterocycles. The Labute approximate surface area is 142 Å². The van der Waals surface area contributed by atoms with Gasteiger partial charge in [-0.25, -0.2) is 5.10 Å². The van der Waals surface area contributed by atoms with Gasteiger partial charge in [0.25, 0.3) is 5.56 Å². The highest BCUT2D eigenvalue weighted by Gasteiger charge is 2.19. The predicted octanol–water partition coefficient (Wildman–Crippen LogP) is 2.05. The number of carbonyl (C=O) groups is 1. The molecule has 0 aliphatic rings. The zero-order valence-corrected chi connectivity index (χ0v) is 13.9. The molecule has 0 saturated carbocycles. The van der Waals surface area contributed by atoms with Crippen molar-refractivity contribution in [1.29, 1.82) is 0 Å². The first-order valence-corrected chi connectivity index (χ1v) is 8.86. The monoisotopic (exact) mass is 343 g/mol. The molecule has 1 atom stereocenters. The summed E-state index contributed by atoms with van der Waals surface area (Å²) in [6.45, 7) is 0. The number of anilines is 1. The second kappa shape index (κ2) is 7.31. The lowest BCUT2D eigenvalue weighted by Crippen LogP contribution is -2.26. The second-order valence-electron chi connectivity index (χ2n) is 5.29. The number of aromatic nitrogens is 4. The van der Waals surface area contributed by atoms with Gasteiger partial charge in [-0.1, -0.05) is 5.21 Å². The Bertz CT molecular complexity index is 891. The van der Waals surface area contributed by atoms with E-state index in [1.54, 1.807) is 30.0 Å². The lowest BCUT2D eigenvalue weighted by molar-refractivity contribution is -0.119. The molecule has 8 heteroatoms. The number of amides is 1. The van der Waals surface area contributed by atoms with Crippen molar-refractivity contribution >= 4 is 34.3 Å². The number of rotatable bonds is 6. The number of fused-ring (bicyclic) bond motifs is 1. The van der Waals surface area contributed by atoms with Crippen molar-refractivity contribution in [2.24, 2.45) is 0 Å². The molecule has 7 nitrogen and oxygen atoms in total. The van der Waals surface area contributed by atoms with E-state index < -0.39 is 0 Å². The minimum atomic E-state index is -0.333. The van der Waals surface area contributed by atoms with Crippen molar-refractivity contribution in [2.45, 2.75) is 12.5 Å². The van der Waals surface area contributed by atoms with Gasteiger partial charge in [0.15, 0.2) is 0 Å². The van der Waals surface area contributed by atoms with E-state index >= 15 is 0 Å². The van der Waals surface area contributed by atoms with Crippen LogP contribution in [0.3, 0.4) is 0 Å². The molecule has 2 N–H and O–H groups in total. The van der Waals surface area contributed by atoms with E-state index in [1.807, 2.05) is 35.3 Å². The number of H-pyrrole nitrogens is 1. The third kappa shape index (κ3) is 3.48. The number of hydrogen-bond acceptors (Lipinski definition) is 5. The SMILES string of the molecule is CSCC[C@H](C(=O)Nc1ccc2nn[nH]c(=O)c2c1)n1cccc1. The number of thioether (sulfide) groups is 1. The summed E-state index contributed by atoms with van der Waals surface area (Å²) in [6.07, 6.45) is 6.50. The quantitative estimate of drug-likeness (QED) is 0.714. The van der Waals surface area contributed by atoms with E-state index in [0.29, 0.717) is 16.6 Å². The molecule has 24 heavy (non-hydrogen) atoms. The van der Waals surface area contributed by atoms with E-state index in [9.17, 15) is 9.59 Å². The van der Waals surface area contributed by atoms with Gasteiger partial charge >= 0.3 is 0 Å². The lowest BCUT2D eigenvalue weighted by atomic mass is 10.2. The summed E-state index contributed by atoms with van der Waals surface area (Å²) in [7, 11) is 0. The Balaban J connectivity index is 1.84. The van der Waals surface area contributed by atoms with Crippen LogP contribution < -0.4 is 10.9 Å². The molecule has 2 heterocycles. The summed E-state index contributed by atoms with van der Waals surface area (Å²) >= 11 is 1.70. The van der Waals surface area contributed by atoms with Crippen LogP contribution in [0, 0.1) is 0 Å². The predicted molar refractivity (Wildman–Crippen MR) is 95.3 cm³/mol. The van der Waals surface area contributed by atoms with Crippen LogP contribution in [-0.2, 0) is 4.79 Å². The minimum absolute atomic E-state index is 0.113. The summed E-state index contributed by atoms with van der Waals surface area (Å²) in [5.74, 6) is 0.765. The normalized spacial score (nSPS) is 12.2. The maximum Gasteiger partial charge on any atom is 0.275 e. The number of benzene rings is 1. The molecule has 1 aromatic carbocycles. The van der Waals surface area contributed by atoms with Crippen molar-refractivity contribution in [2.75, 3.05) is 17.3 Å².